The van der Waals surface area contributed by atoms with Crippen LogP contribution in [0.25, 0.3) is 0 Å². The molecule has 1 aliphatic heterocycles. The Morgan fingerprint density at radius 3 is 3.07 bits per heavy atom. The van der Waals surface area contributed by atoms with Crippen LogP contribution in [0.3, 0.4) is 0 Å². The third-order valence-electron chi connectivity index (χ3n) is 2.50. The summed E-state index contributed by atoms with van der Waals surface area (Å²) < 4.78 is 6.63. The molecule has 82 valence electrons. The summed E-state index contributed by atoms with van der Waals surface area (Å²) in [5.41, 5.74) is 0. The highest BCUT2D eigenvalue weighted by molar-refractivity contribution is 9.10. The van der Waals surface area contributed by atoms with Crippen LogP contribution >= 0.6 is 27.5 Å². The third-order valence-corrected chi connectivity index (χ3v) is 3.28. The molecule has 1 saturated heterocycles. The van der Waals surface area contributed by atoms with Crippen LogP contribution < -0.4 is 10.1 Å². The standard InChI is InChI=1S/C11H13BrClNO/c12-8-3-4-11(10(13)6-8)15-7-9-2-1-5-14-9/h3-4,6,9,14H,1-2,5,7H2/t9-/m0/s1. The summed E-state index contributed by atoms with van der Waals surface area (Å²) in [5.74, 6) is 0.758. The van der Waals surface area contributed by atoms with E-state index in [1.807, 2.05) is 18.2 Å². The zero-order valence-electron chi connectivity index (χ0n) is 8.30. The number of ether oxygens (including phenoxy) is 1. The van der Waals surface area contributed by atoms with Crippen molar-refractivity contribution in [2.24, 2.45) is 0 Å². The molecule has 0 unspecified atom stereocenters. The molecule has 1 aliphatic rings. The monoisotopic (exact) mass is 289 g/mol. The van der Waals surface area contributed by atoms with Crippen LogP contribution in [0.5, 0.6) is 5.75 Å². The van der Waals surface area contributed by atoms with Gasteiger partial charge in [-0.2, -0.15) is 0 Å². The number of hydrogen-bond donors (Lipinski definition) is 1. The Balaban J connectivity index is 1.92. The van der Waals surface area contributed by atoms with E-state index in [4.69, 9.17) is 16.3 Å². The predicted molar refractivity (Wildman–Crippen MR) is 65.7 cm³/mol. The second-order valence-electron chi connectivity index (χ2n) is 3.68. The molecular formula is C11H13BrClNO. The van der Waals surface area contributed by atoms with Crippen molar-refractivity contribution in [2.75, 3.05) is 13.2 Å². The number of hydrogen-bond acceptors (Lipinski definition) is 2. The van der Waals surface area contributed by atoms with Crippen molar-refractivity contribution in [3.63, 3.8) is 0 Å². The molecule has 1 heterocycles. The molecule has 1 fully saturated rings. The van der Waals surface area contributed by atoms with E-state index in [9.17, 15) is 0 Å². The van der Waals surface area contributed by atoms with E-state index in [1.165, 1.54) is 12.8 Å². The largest absolute Gasteiger partial charge is 0.490 e. The van der Waals surface area contributed by atoms with Gasteiger partial charge in [0.25, 0.3) is 0 Å². The molecule has 2 rings (SSSR count). The average molecular weight is 291 g/mol. The molecule has 15 heavy (non-hydrogen) atoms. The molecule has 2 nitrogen and oxygen atoms in total. The zero-order chi connectivity index (χ0) is 10.7. The highest BCUT2D eigenvalue weighted by atomic mass is 79.9. The van der Waals surface area contributed by atoms with Crippen LogP contribution in [0.4, 0.5) is 0 Å². The molecule has 0 amide bonds. The summed E-state index contributed by atoms with van der Waals surface area (Å²) in [4.78, 5) is 0. The summed E-state index contributed by atoms with van der Waals surface area (Å²) >= 11 is 9.40. The van der Waals surface area contributed by atoms with Gasteiger partial charge in [0.1, 0.15) is 12.4 Å². The van der Waals surface area contributed by atoms with E-state index < -0.39 is 0 Å². The molecule has 1 aromatic rings. The van der Waals surface area contributed by atoms with E-state index in [-0.39, 0.29) is 0 Å². The van der Waals surface area contributed by atoms with Gasteiger partial charge in [-0.1, -0.05) is 27.5 Å². The lowest BCUT2D eigenvalue weighted by Gasteiger charge is -2.13. The first-order chi connectivity index (χ1) is 7.25. The van der Waals surface area contributed by atoms with Gasteiger partial charge >= 0.3 is 0 Å². The lowest BCUT2D eigenvalue weighted by Crippen LogP contribution is -2.28. The highest BCUT2D eigenvalue weighted by Gasteiger charge is 2.14. The molecule has 0 bridgehead atoms. The van der Waals surface area contributed by atoms with Crippen LogP contribution in [0, 0.1) is 0 Å². The lowest BCUT2D eigenvalue weighted by atomic mass is 10.2. The molecule has 0 aromatic heterocycles. The van der Waals surface area contributed by atoms with Gasteiger partial charge in [-0.15, -0.1) is 0 Å². The third kappa shape index (κ3) is 3.10. The summed E-state index contributed by atoms with van der Waals surface area (Å²) in [6, 6.07) is 6.15. The normalized spacial score (nSPS) is 20.5. The van der Waals surface area contributed by atoms with Gasteiger partial charge in [0.15, 0.2) is 0 Å². The Morgan fingerprint density at radius 1 is 1.53 bits per heavy atom. The van der Waals surface area contributed by atoms with Gasteiger partial charge < -0.3 is 10.1 Å². The molecule has 0 radical (unpaired) electrons. The quantitative estimate of drug-likeness (QED) is 0.923. The van der Waals surface area contributed by atoms with Crippen molar-refractivity contribution in [2.45, 2.75) is 18.9 Å². The summed E-state index contributed by atoms with van der Waals surface area (Å²) in [6.07, 6.45) is 2.43. The van der Waals surface area contributed by atoms with E-state index in [2.05, 4.69) is 21.2 Å². The van der Waals surface area contributed by atoms with Crippen molar-refractivity contribution in [3.8, 4) is 5.75 Å². The first kappa shape index (κ1) is 11.2. The van der Waals surface area contributed by atoms with E-state index in [0.717, 1.165) is 16.8 Å². The fourth-order valence-corrected chi connectivity index (χ4v) is 2.41. The molecule has 0 aliphatic carbocycles. The minimum Gasteiger partial charge on any atom is -0.490 e. The van der Waals surface area contributed by atoms with Crippen molar-refractivity contribution < 1.29 is 4.74 Å². The van der Waals surface area contributed by atoms with Crippen LogP contribution in [0.15, 0.2) is 22.7 Å². The van der Waals surface area contributed by atoms with Crippen LogP contribution in [0.2, 0.25) is 5.02 Å². The van der Waals surface area contributed by atoms with Gasteiger partial charge in [-0.25, -0.2) is 0 Å². The molecular weight excluding hydrogens is 277 g/mol. The molecule has 1 aromatic carbocycles. The average Bonchev–Trinajstić information content (AvgIpc) is 2.69. The number of nitrogens with one attached hydrogen (secondary N) is 1. The maximum atomic E-state index is 6.04. The minimum atomic E-state index is 0.477. The number of rotatable bonds is 3. The lowest BCUT2D eigenvalue weighted by molar-refractivity contribution is 0.277. The number of benzene rings is 1. The maximum absolute atomic E-state index is 6.04. The van der Waals surface area contributed by atoms with Crippen molar-refractivity contribution in [1.82, 2.24) is 5.32 Å². The summed E-state index contributed by atoms with van der Waals surface area (Å²) in [6.45, 7) is 1.80. The van der Waals surface area contributed by atoms with E-state index in [0.29, 0.717) is 17.7 Å². The SMILES string of the molecule is Clc1cc(Br)ccc1OC[C@@H]1CCCN1. The second-order valence-corrected chi connectivity index (χ2v) is 5.00. The van der Waals surface area contributed by atoms with Gasteiger partial charge in [0, 0.05) is 10.5 Å². The van der Waals surface area contributed by atoms with Gasteiger partial charge in [-0.05, 0) is 37.6 Å². The Hall–Kier alpha value is -0.250. The van der Waals surface area contributed by atoms with Crippen LogP contribution in [0.1, 0.15) is 12.8 Å². The molecule has 0 saturated carbocycles. The Labute approximate surface area is 103 Å². The fraction of sp³-hybridized carbons (Fsp3) is 0.455. The Kier molecular flexibility index (Phi) is 3.89. The first-order valence-corrected chi connectivity index (χ1v) is 6.24. The predicted octanol–water partition coefficient (Wildman–Crippen LogP) is 3.23. The van der Waals surface area contributed by atoms with Crippen molar-refractivity contribution >= 4 is 27.5 Å². The van der Waals surface area contributed by atoms with Crippen LogP contribution in [-0.4, -0.2) is 19.2 Å². The van der Waals surface area contributed by atoms with E-state index >= 15 is 0 Å². The van der Waals surface area contributed by atoms with Crippen LogP contribution in [-0.2, 0) is 0 Å². The second kappa shape index (κ2) is 5.19. The van der Waals surface area contributed by atoms with Gasteiger partial charge in [0.2, 0.25) is 0 Å². The molecule has 1 atom stereocenters. The smallest absolute Gasteiger partial charge is 0.138 e. The zero-order valence-corrected chi connectivity index (χ0v) is 10.6. The topological polar surface area (TPSA) is 21.3 Å². The molecule has 1 N–H and O–H groups in total. The van der Waals surface area contributed by atoms with Crippen molar-refractivity contribution in [1.29, 1.82) is 0 Å². The number of halogens is 2. The summed E-state index contributed by atoms with van der Waals surface area (Å²) in [5, 5.41) is 4.04. The summed E-state index contributed by atoms with van der Waals surface area (Å²) in [7, 11) is 0. The highest BCUT2D eigenvalue weighted by Crippen LogP contribution is 2.28. The maximum Gasteiger partial charge on any atom is 0.138 e. The van der Waals surface area contributed by atoms with E-state index in [1.54, 1.807) is 0 Å². The fourth-order valence-electron chi connectivity index (χ4n) is 1.68. The van der Waals surface area contributed by atoms with Gasteiger partial charge in [-0.3, -0.25) is 0 Å². The molecule has 4 heteroatoms. The van der Waals surface area contributed by atoms with Gasteiger partial charge in [0.05, 0.1) is 5.02 Å². The Morgan fingerprint density at radius 2 is 2.40 bits per heavy atom. The Bertz CT molecular complexity index is 339. The first-order valence-electron chi connectivity index (χ1n) is 5.07. The molecule has 0 spiro atoms. The van der Waals surface area contributed by atoms with Crippen molar-refractivity contribution in [3.05, 3.63) is 27.7 Å². The minimum absolute atomic E-state index is 0.477.